The molecule has 2 aromatic carbocycles. The number of benzene rings is 2. The van der Waals surface area contributed by atoms with Gasteiger partial charge in [-0.3, -0.25) is 9.36 Å². The lowest BCUT2D eigenvalue weighted by Crippen LogP contribution is -2.13. The topological polar surface area (TPSA) is 67.5 Å². The average Bonchev–Trinajstić information content (AvgIpc) is 2.88. The van der Waals surface area contributed by atoms with Crippen molar-refractivity contribution in [1.82, 2.24) is 4.57 Å². The van der Waals surface area contributed by atoms with Gasteiger partial charge in [-0.1, -0.05) is 6.07 Å². The fourth-order valence-electron chi connectivity index (χ4n) is 2.65. The second-order valence-corrected chi connectivity index (χ2v) is 6.22. The number of carbonyl (C=O) groups excluding carboxylic acids is 1. The monoisotopic (exact) mass is 339 g/mol. The van der Waals surface area contributed by atoms with Gasteiger partial charge in [-0.05, 0) is 48.4 Å². The predicted molar refractivity (Wildman–Crippen MR) is 99.2 cm³/mol. The zero-order chi connectivity index (χ0) is 18.0. The van der Waals surface area contributed by atoms with Crippen molar-refractivity contribution in [1.29, 1.82) is 0 Å². The van der Waals surface area contributed by atoms with Gasteiger partial charge in [0.25, 0.3) is 0 Å². The van der Waals surface area contributed by atoms with E-state index in [1.807, 2.05) is 55.4 Å². The van der Waals surface area contributed by atoms with Gasteiger partial charge < -0.3 is 14.6 Å². The Labute approximate surface area is 145 Å². The van der Waals surface area contributed by atoms with Crippen molar-refractivity contribution >= 4 is 28.4 Å². The molecule has 0 aliphatic rings. The van der Waals surface area contributed by atoms with E-state index in [1.54, 1.807) is 13.1 Å². The largest absolute Gasteiger partial charge is 0.419 e. The molecule has 0 radical (unpaired) electrons. The summed E-state index contributed by atoms with van der Waals surface area (Å²) in [6.45, 7) is 0. The van der Waals surface area contributed by atoms with E-state index in [1.165, 1.54) is 4.57 Å². The van der Waals surface area contributed by atoms with Gasteiger partial charge in [-0.2, -0.15) is 0 Å². The standard InChI is InChI=1S/C19H21N3O3/c1-21(2)15-8-6-14(7-9-15)20-18(23)11-5-13-4-10-17-16(12-13)22(3)19(24)25-17/h4,6-10,12H,5,11H2,1-3H3,(H,20,23). The summed E-state index contributed by atoms with van der Waals surface area (Å²) in [5.41, 5.74) is 4.14. The molecule has 0 spiro atoms. The van der Waals surface area contributed by atoms with Crippen LogP contribution < -0.4 is 16.0 Å². The molecule has 0 aliphatic carbocycles. The molecule has 1 aromatic heterocycles. The van der Waals surface area contributed by atoms with E-state index in [2.05, 4.69) is 5.32 Å². The van der Waals surface area contributed by atoms with Crippen molar-refractivity contribution in [2.24, 2.45) is 7.05 Å². The summed E-state index contributed by atoms with van der Waals surface area (Å²) < 4.78 is 6.57. The predicted octanol–water partition coefficient (Wildman–Crippen LogP) is 2.77. The van der Waals surface area contributed by atoms with Gasteiger partial charge in [-0.15, -0.1) is 0 Å². The molecule has 6 nitrogen and oxygen atoms in total. The molecule has 0 atom stereocenters. The smallest absolute Gasteiger partial charge is 0.408 e. The molecule has 1 heterocycles. The Morgan fingerprint density at radius 2 is 1.88 bits per heavy atom. The molecule has 0 aliphatic heterocycles. The van der Waals surface area contributed by atoms with Crippen LogP contribution in [0.2, 0.25) is 0 Å². The molecular formula is C19H21N3O3. The normalized spacial score (nSPS) is 10.8. The Morgan fingerprint density at radius 3 is 2.56 bits per heavy atom. The molecule has 3 aromatic rings. The molecule has 0 unspecified atom stereocenters. The second kappa shape index (κ2) is 6.84. The Kier molecular flexibility index (Phi) is 4.61. The summed E-state index contributed by atoms with van der Waals surface area (Å²) in [4.78, 5) is 25.7. The number of hydrogen-bond donors (Lipinski definition) is 1. The minimum Gasteiger partial charge on any atom is -0.408 e. The third-order valence-corrected chi connectivity index (χ3v) is 4.16. The van der Waals surface area contributed by atoms with Gasteiger partial charge >= 0.3 is 5.76 Å². The van der Waals surface area contributed by atoms with Crippen LogP contribution in [0.5, 0.6) is 0 Å². The van der Waals surface area contributed by atoms with Gasteiger partial charge in [0.05, 0.1) is 5.52 Å². The van der Waals surface area contributed by atoms with Crippen LogP contribution >= 0.6 is 0 Å². The number of oxazole rings is 1. The summed E-state index contributed by atoms with van der Waals surface area (Å²) in [7, 11) is 5.61. The van der Waals surface area contributed by atoms with Crippen molar-refractivity contribution in [3.8, 4) is 0 Å². The summed E-state index contributed by atoms with van der Waals surface area (Å²) in [5, 5.41) is 2.90. The van der Waals surface area contributed by atoms with Crippen molar-refractivity contribution in [3.63, 3.8) is 0 Å². The molecule has 1 N–H and O–H groups in total. The summed E-state index contributed by atoms with van der Waals surface area (Å²) in [6.07, 6.45) is 0.962. The van der Waals surface area contributed by atoms with Crippen molar-refractivity contribution in [3.05, 3.63) is 58.6 Å². The molecule has 1 amide bonds. The van der Waals surface area contributed by atoms with E-state index in [9.17, 15) is 9.59 Å². The fourth-order valence-corrected chi connectivity index (χ4v) is 2.65. The highest BCUT2D eigenvalue weighted by Gasteiger charge is 2.08. The van der Waals surface area contributed by atoms with Crippen LogP contribution in [0.3, 0.4) is 0 Å². The third-order valence-electron chi connectivity index (χ3n) is 4.16. The number of aryl methyl sites for hydroxylation is 2. The highest BCUT2D eigenvalue weighted by atomic mass is 16.4. The molecule has 0 saturated heterocycles. The Bertz CT molecular complexity index is 952. The van der Waals surface area contributed by atoms with Gasteiger partial charge in [-0.25, -0.2) is 4.79 Å². The molecule has 6 heteroatoms. The molecule has 3 rings (SSSR count). The second-order valence-electron chi connectivity index (χ2n) is 6.22. The van der Waals surface area contributed by atoms with Crippen molar-refractivity contribution in [2.45, 2.75) is 12.8 Å². The van der Waals surface area contributed by atoms with E-state index >= 15 is 0 Å². The number of hydrogen-bond acceptors (Lipinski definition) is 4. The maximum absolute atomic E-state index is 12.1. The third kappa shape index (κ3) is 3.74. The van der Waals surface area contributed by atoms with Gasteiger partial charge in [0.1, 0.15) is 0 Å². The molecule has 0 bridgehead atoms. The number of nitrogens with zero attached hydrogens (tertiary/aromatic N) is 2. The molecule has 130 valence electrons. The number of aromatic nitrogens is 1. The number of nitrogens with one attached hydrogen (secondary N) is 1. The minimum absolute atomic E-state index is 0.0428. The van der Waals surface area contributed by atoms with Crippen LogP contribution in [0.15, 0.2) is 51.7 Å². The van der Waals surface area contributed by atoms with E-state index in [-0.39, 0.29) is 11.7 Å². The average molecular weight is 339 g/mol. The van der Waals surface area contributed by atoms with Crippen LogP contribution in [-0.2, 0) is 18.3 Å². The van der Waals surface area contributed by atoms with Gasteiger partial charge in [0.15, 0.2) is 5.58 Å². The number of rotatable bonds is 5. The highest BCUT2D eigenvalue weighted by molar-refractivity contribution is 5.91. The minimum atomic E-state index is -0.383. The van der Waals surface area contributed by atoms with Crippen molar-refractivity contribution < 1.29 is 9.21 Å². The van der Waals surface area contributed by atoms with E-state index in [4.69, 9.17) is 4.42 Å². The first-order chi connectivity index (χ1) is 11.9. The molecule has 25 heavy (non-hydrogen) atoms. The lowest BCUT2D eigenvalue weighted by Gasteiger charge is -2.13. The van der Waals surface area contributed by atoms with Crippen LogP contribution in [0.4, 0.5) is 11.4 Å². The van der Waals surface area contributed by atoms with Crippen LogP contribution in [0, 0.1) is 0 Å². The number of amides is 1. The zero-order valence-electron chi connectivity index (χ0n) is 14.6. The van der Waals surface area contributed by atoms with Gasteiger partial charge in [0.2, 0.25) is 5.91 Å². The maximum Gasteiger partial charge on any atom is 0.419 e. The zero-order valence-corrected chi connectivity index (χ0v) is 14.6. The summed E-state index contributed by atoms with van der Waals surface area (Å²) in [6, 6.07) is 13.2. The lowest BCUT2D eigenvalue weighted by atomic mass is 10.1. The van der Waals surface area contributed by atoms with E-state index in [0.717, 1.165) is 22.5 Å². The number of anilines is 2. The molecule has 0 saturated carbocycles. The summed E-state index contributed by atoms with van der Waals surface area (Å²) in [5.74, 6) is -0.426. The number of fused-ring (bicyclic) bond motifs is 1. The maximum atomic E-state index is 12.1. The van der Waals surface area contributed by atoms with Crippen LogP contribution in [0.25, 0.3) is 11.1 Å². The Morgan fingerprint density at radius 1 is 1.16 bits per heavy atom. The molecule has 0 fully saturated rings. The van der Waals surface area contributed by atoms with Crippen LogP contribution in [0.1, 0.15) is 12.0 Å². The molecular weight excluding hydrogens is 318 g/mol. The Hall–Kier alpha value is -3.02. The van der Waals surface area contributed by atoms with Crippen LogP contribution in [-0.4, -0.2) is 24.6 Å². The highest BCUT2D eigenvalue weighted by Crippen LogP contribution is 2.17. The Balaban J connectivity index is 1.62. The quantitative estimate of drug-likeness (QED) is 0.776. The lowest BCUT2D eigenvalue weighted by molar-refractivity contribution is -0.116. The van der Waals surface area contributed by atoms with E-state index < -0.39 is 0 Å². The van der Waals surface area contributed by atoms with Crippen molar-refractivity contribution in [2.75, 3.05) is 24.3 Å². The first kappa shape index (κ1) is 16.8. The SMILES string of the molecule is CN(C)c1ccc(NC(=O)CCc2ccc3oc(=O)n(C)c3c2)cc1. The first-order valence-electron chi connectivity index (χ1n) is 8.10. The first-order valence-corrected chi connectivity index (χ1v) is 8.10. The summed E-state index contributed by atoms with van der Waals surface area (Å²) >= 11 is 0. The number of carbonyl (C=O) groups is 1. The fraction of sp³-hybridized carbons (Fsp3) is 0.263. The van der Waals surface area contributed by atoms with E-state index in [0.29, 0.717) is 18.4 Å². The van der Waals surface area contributed by atoms with Gasteiger partial charge in [0, 0.05) is 38.9 Å².